The van der Waals surface area contributed by atoms with Crippen LogP contribution in [0.5, 0.6) is 5.75 Å². The van der Waals surface area contributed by atoms with Crippen molar-refractivity contribution in [3.8, 4) is 5.75 Å². The second-order valence-electron chi connectivity index (χ2n) is 5.51. The van der Waals surface area contributed by atoms with Crippen LogP contribution in [0.4, 0.5) is 11.4 Å². The molecule has 6 nitrogen and oxygen atoms in total. The van der Waals surface area contributed by atoms with Gasteiger partial charge in [-0.1, -0.05) is 18.2 Å². The number of rotatable bonds is 7. The number of primary amides is 1. The number of amides is 2. The Kier molecular flexibility index (Phi) is 5.78. The van der Waals surface area contributed by atoms with Crippen molar-refractivity contribution in [1.29, 1.82) is 0 Å². The highest BCUT2D eigenvalue weighted by Crippen LogP contribution is 2.24. The summed E-state index contributed by atoms with van der Waals surface area (Å²) in [4.78, 5) is 23.2. The molecule has 0 radical (unpaired) electrons. The molecule has 0 aromatic heterocycles. The van der Waals surface area contributed by atoms with Gasteiger partial charge in [0.15, 0.2) is 0 Å². The first kappa shape index (κ1) is 17.3. The quantitative estimate of drug-likeness (QED) is 0.729. The molecule has 0 saturated carbocycles. The highest BCUT2D eigenvalue weighted by molar-refractivity contribution is 5.97. The van der Waals surface area contributed by atoms with Crippen LogP contribution in [0.25, 0.3) is 0 Å². The molecule has 6 heteroatoms. The molecule has 2 rings (SSSR count). The Morgan fingerprint density at radius 2 is 1.88 bits per heavy atom. The van der Waals surface area contributed by atoms with E-state index in [0.717, 1.165) is 5.69 Å². The largest absolute Gasteiger partial charge is 0.489 e. The molecule has 2 amide bonds. The lowest BCUT2D eigenvalue weighted by molar-refractivity contribution is -0.114. The minimum atomic E-state index is -0.538. The van der Waals surface area contributed by atoms with Crippen molar-refractivity contribution >= 4 is 23.2 Å². The molecular weight excluding hydrogens is 306 g/mol. The molecule has 0 bridgehead atoms. The van der Waals surface area contributed by atoms with Gasteiger partial charge in [0, 0.05) is 11.3 Å². The molecule has 24 heavy (non-hydrogen) atoms. The molecule has 2 aromatic carbocycles. The Labute approximate surface area is 141 Å². The third kappa shape index (κ3) is 5.01. The average Bonchev–Trinajstić information content (AvgIpc) is 2.53. The summed E-state index contributed by atoms with van der Waals surface area (Å²) < 4.78 is 5.69. The van der Waals surface area contributed by atoms with Crippen molar-refractivity contribution in [1.82, 2.24) is 0 Å². The first-order valence-corrected chi connectivity index (χ1v) is 7.65. The summed E-state index contributed by atoms with van der Waals surface area (Å²) in [7, 11) is 0. The number of ether oxygens (including phenoxy) is 1. The molecule has 4 N–H and O–H groups in total. The van der Waals surface area contributed by atoms with Crippen LogP contribution in [0.3, 0.4) is 0 Å². The number of nitrogens with one attached hydrogen (secondary N) is 2. The van der Waals surface area contributed by atoms with Gasteiger partial charge in [-0.25, -0.2) is 0 Å². The van der Waals surface area contributed by atoms with Crippen LogP contribution in [0.15, 0.2) is 48.5 Å². The summed E-state index contributed by atoms with van der Waals surface area (Å²) in [5.74, 6) is -0.0871. The van der Waals surface area contributed by atoms with E-state index in [1.807, 2.05) is 38.1 Å². The molecule has 2 aromatic rings. The second-order valence-corrected chi connectivity index (χ2v) is 5.51. The van der Waals surface area contributed by atoms with E-state index < -0.39 is 5.91 Å². The average molecular weight is 327 g/mol. The molecule has 0 fully saturated rings. The Hall–Kier alpha value is -3.02. The van der Waals surface area contributed by atoms with Crippen LogP contribution in [-0.2, 0) is 4.79 Å². The fourth-order valence-corrected chi connectivity index (χ4v) is 2.10. The van der Waals surface area contributed by atoms with Crippen molar-refractivity contribution in [2.75, 3.05) is 17.2 Å². The van der Waals surface area contributed by atoms with Gasteiger partial charge in [0.1, 0.15) is 5.75 Å². The zero-order valence-electron chi connectivity index (χ0n) is 13.7. The van der Waals surface area contributed by atoms with Crippen LogP contribution in [0.2, 0.25) is 0 Å². The molecule has 0 saturated heterocycles. The van der Waals surface area contributed by atoms with E-state index in [1.165, 1.54) is 6.07 Å². The van der Waals surface area contributed by atoms with Gasteiger partial charge in [0.25, 0.3) is 0 Å². The predicted molar refractivity (Wildman–Crippen MR) is 94.3 cm³/mol. The van der Waals surface area contributed by atoms with Crippen LogP contribution >= 0.6 is 0 Å². The van der Waals surface area contributed by atoms with E-state index in [2.05, 4.69) is 10.6 Å². The molecular formula is C18H21N3O3. The third-order valence-electron chi connectivity index (χ3n) is 3.12. The van der Waals surface area contributed by atoms with E-state index in [4.69, 9.17) is 10.5 Å². The van der Waals surface area contributed by atoms with E-state index >= 15 is 0 Å². The smallest absolute Gasteiger partial charge is 0.248 e. The summed E-state index contributed by atoms with van der Waals surface area (Å²) in [6, 6.07) is 13.9. The molecule has 0 aliphatic carbocycles. The number of para-hydroxylation sites is 2. The number of carbonyl (C=O) groups excluding carboxylic acids is 2. The molecule has 0 aliphatic rings. The number of carbonyl (C=O) groups is 2. The topological polar surface area (TPSA) is 93.4 Å². The highest BCUT2D eigenvalue weighted by atomic mass is 16.5. The first-order chi connectivity index (χ1) is 11.5. The molecule has 0 spiro atoms. The van der Waals surface area contributed by atoms with Gasteiger partial charge in [-0.15, -0.1) is 0 Å². The SMILES string of the molecule is CC(C)Oc1ccccc1NCC(=O)Nc1cccc(C(N)=O)c1. The van der Waals surface area contributed by atoms with Crippen molar-refractivity contribution in [3.63, 3.8) is 0 Å². The van der Waals surface area contributed by atoms with Gasteiger partial charge < -0.3 is 21.1 Å². The van der Waals surface area contributed by atoms with Crippen molar-refractivity contribution in [2.45, 2.75) is 20.0 Å². The zero-order valence-corrected chi connectivity index (χ0v) is 13.7. The lowest BCUT2D eigenvalue weighted by atomic mass is 10.2. The van der Waals surface area contributed by atoms with E-state index in [-0.39, 0.29) is 18.6 Å². The fraction of sp³-hybridized carbons (Fsp3) is 0.222. The highest BCUT2D eigenvalue weighted by Gasteiger charge is 2.08. The van der Waals surface area contributed by atoms with Gasteiger partial charge in [0.05, 0.1) is 18.3 Å². The van der Waals surface area contributed by atoms with Gasteiger partial charge >= 0.3 is 0 Å². The zero-order chi connectivity index (χ0) is 17.5. The van der Waals surface area contributed by atoms with Crippen LogP contribution in [-0.4, -0.2) is 24.5 Å². The number of benzene rings is 2. The predicted octanol–water partition coefficient (Wildman–Crippen LogP) is 2.62. The molecule has 0 heterocycles. The Bertz CT molecular complexity index is 729. The number of anilines is 2. The maximum Gasteiger partial charge on any atom is 0.248 e. The number of hydrogen-bond acceptors (Lipinski definition) is 4. The van der Waals surface area contributed by atoms with Crippen LogP contribution < -0.4 is 21.1 Å². The third-order valence-corrected chi connectivity index (χ3v) is 3.12. The summed E-state index contributed by atoms with van der Waals surface area (Å²) in [6.07, 6.45) is 0.0401. The van der Waals surface area contributed by atoms with Gasteiger partial charge in [-0.3, -0.25) is 9.59 Å². The normalized spacial score (nSPS) is 10.3. The van der Waals surface area contributed by atoms with Gasteiger partial charge in [-0.05, 0) is 44.2 Å². The van der Waals surface area contributed by atoms with Crippen molar-refractivity contribution in [3.05, 3.63) is 54.1 Å². The standard InChI is InChI=1S/C18H21N3O3/c1-12(2)24-16-9-4-3-8-15(16)20-11-17(22)21-14-7-5-6-13(10-14)18(19)23/h3-10,12,20H,11H2,1-2H3,(H2,19,23)(H,21,22). The van der Waals surface area contributed by atoms with Crippen molar-refractivity contribution < 1.29 is 14.3 Å². The van der Waals surface area contributed by atoms with Crippen molar-refractivity contribution in [2.24, 2.45) is 5.73 Å². The maximum absolute atomic E-state index is 12.1. The Morgan fingerprint density at radius 1 is 1.12 bits per heavy atom. The summed E-state index contributed by atoms with van der Waals surface area (Å²) in [6.45, 7) is 3.95. The molecule has 126 valence electrons. The molecule has 0 unspecified atom stereocenters. The lowest BCUT2D eigenvalue weighted by Gasteiger charge is -2.15. The second kappa shape index (κ2) is 8.01. The summed E-state index contributed by atoms with van der Waals surface area (Å²) >= 11 is 0. The summed E-state index contributed by atoms with van der Waals surface area (Å²) in [5.41, 5.74) is 6.83. The van der Waals surface area contributed by atoms with E-state index in [0.29, 0.717) is 17.0 Å². The molecule has 0 atom stereocenters. The number of hydrogen-bond donors (Lipinski definition) is 3. The van der Waals surface area contributed by atoms with E-state index in [9.17, 15) is 9.59 Å². The minimum absolute atomic E-state index is 0.0401. The first-order valence-electron chi connectivity index (χ1n) is 7.65. The monoisotopic (exact) mass is 327 g/mol. The summed E-state index contributed by atoms with van der Waals surface area (Å²) in [5, 5.41) is 5.76. The van der Waals surface area contributed by atoms with E-state index in [1.54, 1.807) is 18.2 Å². The Morgan fingerprint density at radius 3 is 2.58 bits per heavy atom. The lowest BCUT2D eigenvalue weighted by Crippen LogP contribution is -2.22. The van der Waals surface area contributed by atoms with Crippen LogP contribution in [0, 0.1) is 0 Å². The fourth-order valence-electron chi connectivity index (χ4n) is 2.10. The number of nitrogens with two attached hydrogens (primary N) is 1. The Balaban J connectivity index is 1.96. The molecule has 0 aliphatic heterocycles. The minimum Gasteiger partial charge on any atom is -0.489 e. The maximum atomic E-state index is 12.1. The van der Waals surface area contributed by atoms with Crippen LogP contribution in [0.1, 0.15) is 24.2 Å². The van der Waals surface area contributed by atoms with Gasteiger partial charge in [0.2, 0.25) is 11.8 Å². The van der Waals surface area contributed by atoms with Gasteiger partial charge in [-0.2, -0.15) is 0 Å².